The lowest BCUT2D eigenvalue weighted by atomic mass is 10.00. The van der Waals surface area contributed by atoms with Gasteiger partial charge in [-0.15, -0.1) is 0 Å². The first-order valence-electron chi connectivity index (χ1n) is 11.2. The Morgan fingerprint density at radius 2 is 1.71 bits per heavy atom. The maximum atomic E-state index is 10.2. The van der Waals surface area contributed by atoms with Crippen LogP contribution in [0, 0.1) is 6.92 Å². The summed E-state index contributed by atoms with van der Waals surface area (Å²) in [6, 6.07) is 1.96. The fourth-order valence-corrected chi connectivity index (χ4v) is 4.29. The van der Waals surface area contributed by atoms with E-state index in [1.165, 1.54) is 6.42 Å². The quantitative estimate of drug-likeness (QED) is 0.646. The molecule has 0 atom stereocenters. The van der Waals surface area contributed by atoms with Gasteiger partial charge in [0.15, 0.2) is 5.65 Å². The Morgan fingerprint density at radius 3 is 2.42 bits per heavy atom. The molecule has 2 N–H and O–H groups in total. The van der Waals surface area contributed by atoms with Crippen LogP contribution >= 0.6 is 0 Å². The molecule has 9 heteroatoms. The van der Waals surface area contributed by atoms with E-state index in [1.54, 1.807) is 18.4 Å². The SMILES string of the molecule is Cc1nc2c(nc1-c1cc3nc(N4CCCC4)nc(NCC(C)(C)O)n3n1)CCCC2. The normalized spacial score (nSPS) is 16.7. The highest BCUT2D eigenvalue weighted by atomic mass is 16.3. The molecule has 164 valence electrons. The molecule has 9 nitrogen and oxygen atoms in total. The van der Waals surface area contributed by atoms with Crippen LogP contribution in [0.3, 0.4) is 0 Å². The molecular weight excluding hydrogens is 392 g/mol. The van der Waals surface area contributed by atoms with Crippen molar-refractivity contribution in [3.63, 3.8) is 0 Å². The average Bonchev–Trinajstić information content (AvgIpc) is 3.40. The number of rotatable bonds is 5. The van der Waals surface area contributed by atoms with Gasteiger partial charge in [0.05, 0.1) is 22.7 Å². The molecule has 0 aromatic carbocycles. The van der Waals surface area contributed by atoms with Gasteiger partial charge in [-0.1, -0.05) is 0 Å². The molecule has 3 aromatic rings. The summed E-state index contributed by atoms with van der Waals surface area (Å²) in [5, 5.41) is 18.2. The summed E-state index contributed by atoms with van der Waals surface area (Å²) < 4.78 is 1.71. The van der Waals surface area contributed by atoms with E-state index in [1.807, 2.05) is 13.0 Å². The Bertz CT molecular complexity index is 1110. The Balaban J connectivity index is 1.59. The van der Waals surface area contributed by atoms with E-state index in [2.05, 4.69) is 10.2 Å². The first-order valence-corrected chi connectivity index (χ1v) is 11.2. The molecule has 2 aliphatic rings. The van der Waals surface area contributed by atoms with Gasteiger partial charge in [0.1, 0.15) is 11.4 Å². The molecule has 0 unspecified atom stereocenters. The number of hydrogen-bond acceptors (Lipinski definition) is 8. The van der Waals surface area contributed by atoms with Gasteiger partial charge in [0.25, 0.3) is 0 Å². The number of nitrogens with zero attached hydrogens (tertiary/aromatic N) is 7. The van der Waals surface area contributed by atoms with Crippen LogP contribution in [0.25, 0.3) is 17.0 Å². The Kier molecular flexibility index (Phi) is 5.00. The molecule has 1 aliphatic heterocycles. The van der Waals surface area contributed by atoms with Crippen LogP contribution in [-0.4, -0.2) is 59.9 Å². The summed E-state index contributed by atoms with van der Waals surface area (Å²) in [6.07, 6.45) is 6.61. The van der Waals surface area contributed by atoms with Crippen molar-refractivity contribution in [1.82, 2.24) is 29.5 Å². The predicted octanol–water partition coefficient (Wildman–Crippen LogP) is 2.55. The molecule has 0 amide bonds. The first kappa shape index (κ1) is 20.1. The van der Waals surface area contributed by atoms with Crippen molar-refractivity contribution in [2.45, 2.75) is 64.9 Å². The molecule has 4 heterocycles. The van der Waals surface area contributed by atoms with Crippen LogP contribution in [-0.2, 0) is 12.8 Å². The fourth-order valence-electron chi connectivity index (χ4n) is 4.29. The first-order chi connectivity index (χ1) is 14.9. The van der Waals surface area contributed by atoms with Crippen LogP contribution < -0.4 is 10.2 Å². The number of aliphatic hydroxyl groups is 1. The minimum atomic E-state index is -0.873. The van der Waals surface area contributed by atoms with Crippen LogP contribution in [0.2, 0.25) is 0 Å². The van der Waals surface area contributed by atoms with E-state index in [-0.39, 0.29) is 0 Å². The molecule has 1 saturated heterocycles. The smallest absolute Gasteiger partial charge is 0.230 e. The molecule has 0 radical (unpaired) electrons. The minimum absolute atomic E-state index is 0.353. The van der Waals surface area contributed by atoms with Crippen molar-refractivity contribution in [2.75, 3.05) is 29.9 Å². The summed E-state index contributed by atoms with van der Waals surface area (Å²) in [6.45, 7) is 7.79. The summed E-state index contributed by atoms with van der Waals surface area (Å²) in [4.78, 5) is 21.5. The van der Waals surface area contributed by atoms with Crippen molar-refractivity contribution in [3.05, 3.63) is 23.1 Å². The monoisotopic (exact) mass is 422 g/mol. The number of aryl methyl sites for hydroxylation is 3. The lowest BCUT2D eigenvalue weighted by Crippen LogP contribution is -2.31. The van der Waals surface area contributed by atoms with Gasteiger partial charge in [-0.2, -0.15) is 19.6 Å². The van der Waals surface area contributed by atoms with Gasteiger partial charge in [-0.05, 0) is 59.3 Å². The van der Waals surface area contributed by atoms with E-state index in [0.717, 1.165) is 73.7 Å². The molecular formula is C22H30N8O. The number of fused-ring (bicyclic) bond motifs is 2. The Morgan fingerprint density at radius 1 is 1.00 bits per heavy atom. The van der Waals surface area contributed by atoms with Crippen molar-refractivity contribution >= 4 is 17.5 Å². The third-order valence-corrected chi connectivity index (χ3v) is 5.92. The molecule has 3 aromatic heterocycles. The van der Waals surface area contributed by atoms with Crippen molar-refractivity contribution in [2.24, 2.45) is 0 Å². The number of anilines is 2. The van der Waals surface area contributed by atoms with Crippen molar-refractivity contribution < 1.29 is 5.11 Å². The van der Waals surface area contributed by atoms with Gasteiger partial charge in [-0.25, -0.2) is 4.98 Å². The maximum absolute atomic E-state index is 10.2. The zero-order valence-corrected chi connectivity index (χ0v) is 18.5. The lowest BCUT2D eigenvalue weighted by molar-refractivity contribution is 0.0942. The molecule has 31 heavy (non-hydrogen) atoms. The summed E-state index contributed by atoms with van der Waals surface area (Å²) in [7, 11) is 0. The molecule has 1 aliphatic carbocycles. The topological polar surface area (TPSA) is 104 Å². The van der Waals surface area contributed by atoms with Gasteiger partial charge >= 0.3 is 0 Å². The highest BCUT2D eigenvalue weighted by Crippen LogP contribution is 2.27. The maximum Gasteiger partial charge on any atom is 0.230 e. The van der Waals surface area contributed by atoms with E-state index in [4.69, 9.17) is 25.0 Å². The molecule has 0 spiro atoms. The molecule has 0 saturated carbocycles. The van der Waals surface area contributed by atoms with Crippen LogP contribution in [0.1, 0.15) is 56.6 Å². The van der Waals surface area contributed by atoms with Gasteiger partial charge in [-0.3, -0.25) is 4.98 Å². The van der Waals surface area contributed by atoms with Crippen molar-refractivity contribution in [3.8, 4) is 11.4 Å². The summed E-state index contributed by atoms with van der Waals surface area (Å²) in [5.41, 5.74) is 4.50. The van der Waals surface area contributed by atoms with Crippen LogP contribution in [0.5, 0.6) is 0 Å². The Hall–Kier alpha value is -2.81. The van der Waals surface area contributed by atoms with Crippen LogP contribution in [0.4, 0.5) is 11.9 Å². The lowest BCUT2D eigenvalue weighted by Gasteiger charge is -2.20. The highest BCUT2D eigenvalue weighted by molar-refractivity contribution is 5.65. The predicted molar refractivity (Wildman–Crippen MR) is 119 cm³/mol. The second kappa shape index (κ2) is 7.71. The third kappa shape index (κ3) is 4.06. The fraction of sp³-hybridized carbons (Fsp3) is 0.591. The van der Waals surface area contributed by atoms with E-state index in [0.29, 0.717) is 24.1 Å². The summed E-state index contributed by atoms with van der Waals surface area (Å²) >= 11 is 0. The van der Waals surface area contributed by atoms with Gasteiger partial charge in [0.2, 0.25) is 11.9 Å². The minimum Gasteiger partial charge on any atom is -0.389 e. The van der Waals surface area contributed by atoms with Crippen LogP contribution in [0.15, 0.2) is 6.07 Å². The molecule has 1 fully saturated rings. The summed E-state index contributed by atoms with van der Waals surface area (Å²) in [5.74, 6) is 1.27. The van der Waals surface area contributed by atoms with E-state index >= 15 is 0 Å². The van der Waals surface area contributed by atoms with E-state index in [9.17, 15) is 5.11 Å². The third-order valence-electron chi connectivity index (χ3n) is 5.92. The number of hydrogen-bond donors (Lipinski definition) is 2. The zero-order chi connectivity index (χ0) is 21.6. The number of nitrogens with one attached hydrogen (secondary N) is 1. The second-order valence-corrected chi connectivity index (χ2v) is 9.27. The highest BCUT2D eigenvalue weighted by Gasteiger charge is 2.22. The number of aromatic nitrogens is 6. The van der Waals surface area contributed by atoms with Gasteiger partial charge < -0.3 is 15.3 Å². The Labute approximate surface area is 182 Å². The molecule has 5 rings (SSSR count). The van der Waals surface area contributed by atoms with Gasteiger partial charge in [0, 0.05) is 25.7 Å². The standard InChI is InChI=1S/C22H30N8O/c1-14-19(25-16-9-5-4-8-15(16)24-14)17-12-18-26-21(29-10-6-7-11-29)27-20(30(18)28-17)23-13-22(2,3)31/h12,31H,4-11,13H2,1-3H3,(H,23,26,27). The zero-order valence-electron chi connectivity index (χ0n) is 18.5. The average molecular weight is 423 g/mol. The van der Waals surface area contributed by atoms with E-state index < -0.39 is 5.60 Å². The molecule has 0 bridgehead atoms. The second-order valence-electron chi connectivity index (χ2n) is 9.27. The van der Waals surface area contributed by atoms with Crippen molar-refractivity contribution in [1.29, 1.82) is 0 Å². The largest absolute Gasteiger partial charge is 0.389 e.